The van der Waals surface area contributed by atoms with Gasteiger partial charge in [-0.05, 0) is 54.1 Å². The quantitative estimate of drug-likeness (QED) is 0.275. The second-order valence-corrected chi connectivity index (χ2v) is 11.3. The van der Waals surface area contributed by atoms with Crippen LogP contribution in [0, 0.1) is 5.82 Å². The smallest absolute Gasteiger partial charge is 0.239 e. The van der Waals surface area contributed by atoms with Crippen LogP contribution in [0.4, 0.5) is 4.39 Å². The van der Waals surface area contributed by atoms with Crippen molar-refractivity contribution in [3.05, 3.63) is 105 Å². The first kappa shape index (κ1) is 26.4. The Morgan fingerprint density at radius 1 is 0.972 bits per heavy atom. The minimum absolute atomic E-state index is 0.0108. The lowest BCUT2D eigenvalue weighted by Gasteiger charge is -2.28. The molecule has 0 aliphatic carbocycles. The molecule has 0 saturated heterocycles. The molecule has 0 aliphatic heterocycles. The van der Waals surface area contributed by atoms with Crippen molar-refractivity contribution in [2.24, 2.45) is 5.14 Å². The summed E-state index contributed by atoms with van der Waals surface area (Å²) in [5, 5.41) is 6.10. The largest absolute Gasteiger partial charge is 0.486 e. The first-order valence-corrected chi connectivity index (χ1v) is 13.3. The van der Waals surface area contributed by atoms with Crippen LogP contribution in [0.1, 0.15) is 30.9 Å². The second kappa shape index (κ2) is 10.0. The van der Waals surface area contributed by atoms with Gasteiger partial charge in [0, 0.05) is 23.4 Å². The SMILES string of the molecule is CC(C)(c1ccc(Cl)c(Cl)c1)c1cnc(COc2ccc(Cl)c(S(N)(=O)=O)c2)n1-c1ccc(F)cc1. The average molecular weight is 569 g/mol. The standard InChI is InChI=1S/C25H21Cl3FN3O3S/c1-25(2,15-3-9-19(26)21(28)11-15)23-13-31-24(32(23)17-6-4-16(29)5-7-17)14-35-18-8-10-20(27)22(12-18)36(30,33)34/h3-13H,14H2,1-2H3,(H2,30,33,34). The van der Waals surface area contributed by atoms with Gasteiger partial charge in [0.15, 0.2) is 5.82 Å². The van der Waals surface area contributed by atoms with Gasteiger partial charge in [0.1, 0.15) is 23.1 Å². The Kier molecular flexibility index (Phi) is 7.37. The molecule has 6 nitrogen and oxygen atoms in total. The van der Waals surface area contributed by atoms with Gasteiger partial charge in [-0.2, -0.15) is 0 Å². The van der Waals surface area contributed by atoms with Crippen molar-refractivity contribution in [1.82, 2.24) is 9.55 Å². The van der Waals surface area contributed by atoms with Gasteiger partial charge in [0.05, 0.1) is 20.8 Å². The summed E-state index contributed by atoms with van der Waals surface area (Å²) in [6, 6.07) is 15.6. The Balaban J connectivity index is 1.77. The van der Waals surface area contributed by atoms with Gasteiger partial charge in [-0.15, -0.1) is 0 Å². The zero-order valence-electron chi connectivity index (χ0n) is 19.2. The van der Waals surface area contributed by atoms with E-state index in [4.69, 9.17) is 44.7 Å². The Bertz CT molecular complexity index is 1540. The monoisotopic (exact) mass is 567 g/mol. The summed E-state index contributed by atoms with van der Waals surface area (Å²) in [6.07, 6.45) is 1.71. The number of halogens is 4. The second-order valence-electron chi connectivity index (χ2n) is 8.55. The lowest BCUT2D eigenvalue weighted by Crippen LogP contribution is -2.24. The highest BCUT2D eigenvalue weighted by Gasteiger charge is 2.30. The Hall–Kier alpha value is -2.62. The number of benzene rings is 3. The van der Waals surface area contributed by atoms with E-state index in [1.165, 1.54) is 30.3 Å². The number of nitrogens with two attached hydrogens (primary N) is 1. The molecule has 1 aromatic heterocycles. The lowest BCUT2D eigenvalue weighted by atomic mass is 9.81. The van der Waals surface area contributed by atoms with Gasteiger partial charge in [0.25, 0.3) is 0 Å². The van der Waals surface area contributed by atoms with Crippen LogP contribution in [0.15, 0.2) is 71.8 Å². The van der Waals surface area contributed by atoms with Gasteiger partial charge < -0.3 is 4.74 Å². The van der Waals surface area contributed by atoms with Crippen LogP contribution < -0.4 is 9.88 Å². The van der Waals surface area contributed by atoms with Crippen molar-refractivity contribution in [3.8, 4) is 11.4 Å². The minimum atomic E-state index is -4.04. The highest BCUT2D eigenvalue weighted by atomic mass is 35.5. The molecule has 1 heterocycles. The van der Waals surface area contributed by atoms with Crippen molar-refractivity contribution in [2.45, 2.75) is 30.8 Å². The highest BCUT2D eigenvalue weighted by Crippen LogP contribution is 2.37. The maximum Gasteiger partial charge on any atom is 0.239 e. The van der Waals surface area contributed by atoms with E-state index in [0.29, 0.717) is 21.6 Å². The fraction of sp³-hybridized carbons (Fsp3) is 0.160. The fourth-order valence-corrected chi connectivity index (χ4v) is 5.14. The lowest BCUT2D eigenvalue weighted by molar-refractivity contribution is 0.292. The fourth-order valence-electron chi connectivity index (χ4n) is 3.78. The van der Waals surface area contributed by atoms with E-state index >= 15 is 0 Å². The molecular formula is C25H21Cl3FN3O3S. The van der Waals surface area contributed by atoms with Crippen LogP contribution in [-0.2, 0) is 22.0 Å². The molecule has 0 atom stereocenters. The zero-order chi connectivity index (χ0) is 26.3. The molecule has 4 rings (SSSR count). The third-order valence-corrected chi connectivity index (χ3v) is 7.91. The van der Waals surface area contributed by atoms with E-state index in [-0.39, 0.29) is 28.1 Å². The first-order chi connectivity index (χ1) is 16.9. The summed E-state index contributed by atoms with van der Waals surface area (Å²) >= 11 is 18.4. The number of hydrogen-bond acceptors (Lipinski definition) is 4. The molecule has 0 radical (unpaired) electrons. The third kappa shape index (κ3) is 5.38. The first-order valence-electron chi connectivity index (χ1n) is 10.6. The predicted molar refractivity (Wildman–Crippen MR) is 139 cm³/mol. The molecule has 11 heteroatoms. The minimum Gasteiger partial charge on any atom is -0.486 e. The molecule has 36 heavy (non-hydrogen) atoms. The maximum absolute atomic E-state index is 13.7. The predicted octanol–water partition coefficient (Wildman–Crippen LogP) is 6.52. The van der Waals surface area contributed by atoms with Crippen LogP contribution >= 0.6 is 34.8 Å². The van der Waals surface area contributed by atoms with Crippen LogP contribution in [0.2, 0.25) is 15.1 Å². The molecular weight excluding hydrogens is 548 g/mol. The normalized spacial score (nSPS) is 12.1. The number of sulfonamides is 1. The number of hydrogen-bond donors (Lipinski definition) is 1. The molecule has 0 spiro atoms. The summed E-state index contributed by atoms with van der Waals surface area (Å²) in [4.78, 5) is 4.32. The molecule has 0 fully saturated rings. The van der Waals surface area contributed by atoms with Crippen LogP contribution in [-0.4, -0.2) is 18.0 Å². The number of ether oxygens (including phenoxy) is 1. The van der Waals surface area contributed by atoms with Crippen molar-refractivity contribution >= 4 is 44.8 Å². The van der Waals surface area contributed by atoms with Crippen LogP contribution in [0.3, 0.4) is 0 Å². The van der Waals surface area contributed by atoms with Crippen molar-refractivity contribution in [1.29, 1.82) is 0 Å². The summed E-state index contributed by atoms with van der Waals surface area (Å²) in [6.45, 7) is 3.98. The molecule has 0 amide bonds. The van der Waals surface area contributed by atoms with Gasteiger partial charge >= 0.3 is 0 Å². The summed E-state index contributed by atoms with van der Waals surface area (Å²) < 4.78 is 45.0. The summed E-state index contributed by atoms with van der Waals surface area (Å²) in [5.74, 6) is 0.359. The van der Waals surface area contributed by atoms with Gasteiger partial charge in [-0.1, -0.05) is 54.7 Å². The summed E-state index contributed by atoms with van der Waals surface area (Å²) in [7, 11) is -4.04. The number of rotatable bonds is 7. The van der Waals surface area contributed by atoms with E-state index in [0.717, 1.165) is 11.3 Å². The van der Waals surface area contributed by atoms with E-state index in [1.807, 2.05) is 24.5 Å². The maximum atomic E-state index is 13.7. The number of aromatic nitrogens is 2. The Morgan fingerprint density at radius 3 is 2.28 bits per heavy atom. The molecule has 188 valence electrons. The van der Waals surface area contributed by atoms with E-state index in [9.17, 15) is 12.8 Å². The van der Waals surface area contributed by atoms with E-state index < -0.39 is 15.4 Å². The van der Waals surface area contributed by atoms with Crippen LogP contribution in [0.25, 0.3) is 5.69 Å². The van der Waals surface area contributed by atoms with Crippen molar-refractivity contribution < 1.29 is 17.5 Å². The van der Waals surface area contributed by atoms with Gasteiger partial charge in [-0.25, -0.2) is 22.9 Å². The van der Waals surface area contributed by atoms with E-state index in [2.05, 4.69) is 4.98 Å². The molecule has 2 N–H and O–H groups in total. The van der Waals surface area contributed by atoms with Crippen molar-refractivity contribution in [2.75, 3.05) is 0 Å². The molecule has 4 aromatic rings. The number of nitrogens with zero attached hydrogens (tertiary/aromatic N) is 2. The highest BCUT2D eigenvalue weighted by molar-refractivity contribution is 7.89. The third-order valence-electron chi connectivity index (χ3n) is 5.78. The molecule has 0 bridgehead atoms. The molecule has 0 aliphatic rings. The zero-order valence-corrected chi connectivity index (χ0v) is 22.3. The van der Waals surface area contributed by atoms with Crippen LogP contribution in [0.5, 0.6) is 5.75 Å². The number of imidazole rings is 1. The molecule has 0 unspecified atom stereocenters. The Labute approximate surface area is 223 Å². The molecule has 0 saturated carbocycles. The average Bonchev–Trinajstić information content (AvgIpc) is 3.25. The topological polar surface area (TPSA) is 87.2 Å². The Morgan fingerprint density at radius 2 is 1.64 bits per heavy atom. The van der Waals surface area contributed by atoms with Gasteiger partial charge in [-0.3, -0.25) is 4.57 Å². The number of primary sulfonamides is 1. The van der Waals surface area contributed by atoms with E-state index in [1.54, 1.807) is 30.5 Å². The summed E-state index contributed by atoms with van der Waals surface area (Å²) in [5.41, 5.74) is 1.75. The molecule has 3 aromatic carbocycles. The van der Waals surface area contributed by atoms with Crippen molar-refractivity contribution in [3.63, 3.8) is 0 Å². The van der Waals surface area contributed by atoms with Gasteiger partial charge in [0.2, 0.25) is 10.0 Å².